The number of hydrazine groups is 1. The number of amides is 3. The molecule has 1 heterocycles. The van der Waals surface area contributed by atoms with E-state index in [1.54, 1.807) is 0 Å². The van der Waals surface area contributed by atoms with Crippen LogP contribution in [0.5, 0.6) is 0 Å². The number of halogens is 2. The second-order valence-electron chi connectivity index (χ2n) is 8.23. The van der Waals surface area contributed by atoms with Gasteiger partial charge in [-0.25, -0.2) is 5.01 Å². The molecule has 1 saturated carbocycles. The number of alkyl halides is 2. The van der Waals surface area contributed by atoms with Gasteiger partial charge in [-0.2, -0.15) is 5.01 Å². The maximum atomic E-state index is 13.7. The largest absolute Gasteiger partial charge is 0.282 e. The molecule has 0 spiro atoms. The Bertz CT molecular complexity index is 1210. The first-order chi connectivity index (χ1) is 16.6. The minimum Gasteiger partial charge on any atom is -0.272 e. The average molecular weight is 610 g/mol. The van der Waals surface area contributed by atoms with E-state index in [9.17, 15) is 34.6 Å². The monoisotopic (exact) mass is 608 g/mol. The molecule has 2 aromatic rings. The molecule has 0 aromatic heterocycles. The van der Waals surface area contributed by atoms with Gasteiger partial charge in [-0.3, -0.25) is 34.6 Å². The van der Waals surface area contributed by atoms with Gasteiger partial charge in [-0.05, 0) is 18.9 Å². The van der Waals surface area contributed by atoms with Crippen LogP contribution in [0, 0.1) is 32.1 Å². The lowest BCUT2D eigenvalue weighted by atomic mass is 9.81. The molecule has 2 fully saturated rings. The van der Waals surface area contributed by atoms with Crippen LogP contribution >= 0.6 is 31.9 Å². The quantitative estimate of drug-likeness (QED) is 0.208. The molecule has 182 valence electrons. The van der Waals surface area contributed by atoms with Crippen LogP contribution in [-0.4, -0.2) is 47.2 Å². The van der Waals surface area contributed by atoms with Crippen LogP contribution in [-0.2, 0) is 16.1 Å². The Morgan fingerprint density at radius 1 is 0.886 bits per heavy atom. The van der Waals surface area contributed by atoms with Gasteiger partial charge >= 0.3 is 0 Å². The van der Waals surface area contributed by atoms with E-state index in [1.807, 2.05) is 0 Å². The van der Waals surface area contributed by atoms with Gasteiger partial charge < -0.3 is 0 Å². The minimum atomic E-state index is -0.985. The van der Waals surface area contributed by atoms with Crippen LogP contribution in [0.1, 0.15) is 28.8 Å². The second-order valence-corrected chi connectivity index (χ2v) is 10.6. The van der Waals surface area contributed by atoms with E-state index < -0.39 is 51.6 Å². The number of imide groups is 1. The van der Waals surface area contributed by atoms with Gasteiger partial charge in [0.2, 0.25) is 0 Å². The summed E-state index contributed by atoms with van der Waals surface area (Å²) >= 11 is 7.01. The van der Waals surface area contributed by atoms with Crippen molar-refractivity contribution in [1.82, 2.24) is 10.0 Å². The van der Waals surface area contributed by atoms with E-state index in [0.717, 1.165) is 16.1 Å². The predicted molar refractivity (Wildman–Crippen MR) is 130 cm³/mol. The smallest absolute Gasteiger partial charge is 0.272 e. The molecule has 2 aromatic carbocycles. The first kappa shape index (κ1) is 24.9. The summed E-state index contributed by atoms with van der Waals surface area (Å²) in [5.74, 6) is -3.59. The fourth-order valence-corrected chi connectivity index (χ4v) is 5.72. The third-order valence-corrected chi connectivity index (χ3v) is 8.94. The molecule has 0 N–H and O–H groups in total. The first-order valence-corrected chi connectivity index (χ1v) is 12.4. The van der Waals surface area contributed by atoms with Gasteiger partial charge in [-0.1, -0.05) is 62.2 Å². The molecule has 3 amide bonds. The van der Waals surface area contributed by atoms with E-state index in [2.05, 4.69) is 31.9 Å². The van der Waals surface area contributed by atoms with Crippen LogP contribution in [0.3, 0.4) is 0 Å². The molecule has 1 saturated heterocycles. The van der Waals surface area contributed by atoms with Crippen molar-refractivity contribution in [3.05, 3.63) is 79.9 Å². The number of fused-ring (bicyclic) bond motifs is 1. The molecule has 1 aliphatic carbocycles. The van der Waals surface area contributed by atoms with Crippen molar-refractivity contribution in [2.45, 2.75) is 29.0 Å². The Balaban J connectivity index is 1.81. The number of hydrogen-bond donors (Lipinski definition) is 0. The summed E-state index contributed by atoms with van der Waals surface area (Å²) in [6.07, 6.45) is 0.696. The highest BCUT2D eigenvalue weighted by molar-refractivity contribution is 9.12. The zero-order chi connectivity index (χ0) is 25.4. The van der Waals surface area contributed by atoms with Gasteiger partial charge in [0.1, 0.15) is 5.56 Å². The molecule has 0 bridgehead atoms. The number of para-hydroxylation sites is 2. The fraction of sp³-hybridized carbons (Fsp3) is 0.318. The Kier molecular flexibility index (Phi) is 6.99. The van der Waals surface area contributed by atoms with Crippen molar-refractivity contribution < 1.29 is 24.2 Å². The molecular formula is C22H18Br2N4O7. The van der Waals surface area contributed by atoms with Crippen LogP contribution < -0.4 is 0 Å². The maximum absolute atomic E-state index is 13.7. The highest BCUT2D eigenvalue weighted by Crippen LogP contribution is 2.44. The van der Waals surface area contributed by atoms with E-state index >= 15 is 0 Å². The molecule has 0 radical (unpaired) electrons. The number of carbonyl (C=O) groups is 3. The number of hydrogen-bond acceptors (Lipinski definition) is 7. The molecular weight excluding hydrogens is 592 g/mol. The standard InChI is InChI=1S/C22H18Br2N4O7/c23-16-9-14-15(10-17(16)24)22(31)26(21(14)30)25(11-12-5-1-3-7-18(12)27(32)33)20(29)13-6-2-4-8-19(13)28(34)35/h1-8,14-17H,9-11H2/t14-,15+,16-,17-/m0/s1. The van der Waals surface area contributed by atoms with Gasteiger partial charge in [0.05, 0.1) is 33.8 Å². The Morgan fingerprint density at radius 2 is 1.37 bits per heavy atom. The number of rotatable bonds is 6. The summed E-state index contributed by atoms with van der Waals surface area (Å²) in [5.41, 5.74) is -1.10. The van der Waals surface area contributed by atoms with Crippen molar-refractivity contribution in [2.24, 2.45) is 11.8 Å². The number of benzene rings is 2. The molecule has 11 nitrogen and oxygen atoms in total. The number of nitrogens with zero attached hydrogens (tertiary/aromatic N) is 4. The van der Waals surface area contributed by atoms with Crippen molar-refractivity contribution >= 4 is 61.0 Å². The molecule has 0 unspecified atom stereocenters. The number of nitro benzene ring substituents is 2. The van der Waals surface area contributed by atoms with E-state index in [1.165, 1.54) is 42.5 Å². The van der Waals surface area contributed by atoms with Gasteiger partial charge in [-0.15, -0.1) is 0 Å². The van der Waals surface area contributed by atoms with E-state index in [-0.39, 0.29) is 26.5 Å². The average Bonchev–Trinajstić information content (AvgIpc) is 3.06. The molecule has 2 aliphatic rings. The summed E-state index contributed by atoms with van der Waals surface area (Å²) in [6.45, 7) is -0.506. The zero-order valence-electron chi connectivity index (χ0n) is 18.0. The number of carbonyl (C=O) groups excluding carboxylic acids is 3. The van der Waals surface area contributed by atoms with E-state index in [0.29, 0.717) is 12.8 Å². The van der Waals surface area contributed by atoms with Gasteiger partial charge in [0, 0.05) is 21.8 Å². The van der Waals surface area contributed by atoms with Crippen LogP contribution in [0.15, 0.2) is 48.5 Å². The SMILES string of the molecule is O=C(c1ccccc1[N+](=O)[O-])N(Cc1ccccc1[N+](=O)[O-])N1C(=O)[C@H]2C[C@H](Br)[C@@H](Br)C[C@H]2C1=O. The summed E-state index contributed by atoms with van der Waals surface area (Å²) in [6, 6.07) is 10.8. The number of nitro groups is 2. The van der Waals surface area contributed by atoms with Crippen molar-refractivity contribution in [2.75, 3.05) is 0 Å². The molecule has 13 heteroatoms. The first-order valence-electron chi connectivity index (χ1n) is 10.5. The third-order valence-electron chi connectivity index (χ3n) is 6.20. The van der Waals surface area contributed by atoms with Crippen molar-refractivity contribution in [1.29, 1.82) is 0 Å². The predicted octanol–water partition coefficient (Wildman–Crippen LogP) is 3.98. The molecule has 1 aliphatic heterocycles. The normalized spacial score (nSPS) is 23.7. The summed E-state index contributed by atoms with van der Waals surface area (Å²) in [5, 5.41) is 24.6. The van der Waals surface area contributed by atoms with Crippen LogP contribution in [0.2, 0.25) is 0 Å². The highest BCUT2D eigenvalue weighted by atomic mass is 79.9. The van der Waals surface area contributed by atoms with Gasteiger partial charge in [0.15, 0.2) is 0 Å². The minimum absolute atomic E-state index is 0.0663. The second kappa shape index (κ2) is 9.82. The van der Waals surface area contributed by atoms with Crippen molar-refractivity contribution in [3.8, 4) is 0 Å². The Morgan fingerprint density at radius 3 is 1.91 bits per heavy atom. The van der Waals surface area contributed by atoms with Crippen LogP contribution in [0.4, 0.5) is 11.4 Å². The lowest BCUT2D eigenvalue weighted by molar-refractivity contribution is -0.385. The Hall–Kier alpha value is -3.19. The Labute approximate surface area is 215 Å². The lowest BCUT2D eigenvalue weighted by Crippen LogP contribution is -2.50. The molecule has 35 heavy (non-hydrogen) atoms. The third kappa shape index (κ3) is 4.57. The lowest BCUT2D eigenvalue weighted by Gasteiger charge is -2.30. The van der Waals surface area contributed by atoms with Crippen LogP contribution in [0.25, 0.3) is 0 Å². The highest BCUT2D eigenvalue weighted by Gasteiger charge is 2.55. The topological polar surface area (TPSA) is 144 Å². The summed E-state index contributed by atoms with van der Waals surface area (Å²) in [7, 11) is 0. The van der Waals surface area contributed by atoms with E-state index in [4.69, 9.17) is 0 Å². The zero-order valence-corrected chi connectivity index (χ0v) is 21.1. The molecule has 4 atom stereocenters. The van der Waals surface area contributed by atoms with Gasteiger partial charge in [0.25, 0.3) is 29.1 Å². The van der Waals surface area contributed by atoms with Crippen molar-refractivity contribution in [3.63, 3.8) is 0 Å². The fourth-order valence-electron chi connectivity index (χ4n) is 4.49. The summed E-state index contributed by atoms with van der Waals surface area (Å²) < 4.78 is 0. The summed E-state index contributed by atoms with van der Waals surface area (Å²) in [4.78, 5) is 62.1. The maximum Gasteiger partial charge on any atom is 0.282 e. The molecule has 4 rings (SSSR count).